The van der Waals surface area contributed by atoms with Gasteiger partial charge in [-0.1, -0.05) is 0 Å². The third-order valence-electron chi connectivity index (χ3n) is 0.650. The summed E-state index contributed by atoms with van der Waals surface area (Å²) >= 11 is 10.3. The van der Waals surface area contributed by atoms with Crippen molar-refractivity contribution in [2.45, 2.75) is 5.60 Å². The average molecular weight is 154 g/mol. The fourth-order valence-corrected chi connectivity index (χ4v) is 0.501. The molecule has 0 saturated carbocycles. The fourth-order valence-electron chi connectivity index (χ4n) is 0.0955. The number of hydrogen-bond donors (Lipinski definition) is 1. The summed E-state index contributed by atoms with van der Waals surface area (Å²) in [6.45, 7) is 0. The summed E-state index contributed by atoms with van der Waals surface area (Å²) < 4.78 is 0. The molecular weight excluding hydrogens is 149 g/mol. The Morgan fingerprint density at radius 3 is 1.88 bits per heavy atom. The summed E-state index contributed by atoms with van der Waals surface area (Å²) in [5.74, 6) is -0.292. The molecule has 0 rings (SSSR count). The molecule has 0 aromatic heterocycles. The van der Waals surface area contributed by atoms with E-state index in [2.05, 4.69) is 0 Å². The average Bonchev–Trinajstić information content (AvgIpc) is 1.87. The second-order valence-corrected chi connectivity index (χ2v) is 1.95. The van der Waals surface area contributed by atoms with Gasteiger partial charge in [-0.3, -0.25) is 0 Å². The molecule has 0 bridgehead atoms. The van der Waals surface area contributed by atoms with E-state index >= 15 is 0 Å². The zero-order valence-electron chi connectivity index (χ0n) is 4.06. The van der Waals surface area contributed by atoms with Crippen LogP contribution >= 0.6 is 23.2 Å². The quantitative estimate of drug-likeness (QED) is 0.470. The molecule has 0 radical (unpaired) electrons. The van der Waals surface area contributed by atoms with Crippen molar-refractivity contribution in [1.29, 1.82) is 5.26 Å². The van der Waals surface area contributed by atoms with Gasteiger partial charge in [-0.05, 0) is 0 Å². The van der Waals surface area contributed by atoms with Crippen molar-refractivity contribution in [2.24, 2.45) is 0 Å². The van der Waals surface area contributed by atoms with Crippen LogP contribution in [0.25, 0.3) is 0 Å². The van der Waals surface area contributed by atoms with Crippen LogP contribution in [0.2, 0.25) is 0 Å². The Morgan fingerprint density at radius 1 is 1.50 bits per heavy atom. The molecule has 0 aliphatic heterocycles. The van der Waals surface area contributed by atoms with Gasteiger partial charge in [0.05, 0.1) is 17.8 Å². The van der Waals surface area contributed by atoms with E-state index in [0.29, 0.717) is 0 Å². The van der Waals surface area contributed by atoms with Crippen LogP contribution < -0.4 is 0 Å². The lowest BCUT2D eigenvalue weighted by Gasteiger charge is -2.10. The van der Waals surface area contributed by atoms with Crippen LogP contribution in [0, 0.1) is 11.3 Å². The molecule has 0 atom stereocenters. The third kappa shape index (κ3) is 1.87. The molecular formula is C4H5Cl2NO. The first-order valence-electron chi connectivity index (χ1n) is 1.94. The normalized spacial score (nSPS) is 10.8. The highest BCUT2D eigenvalue weighted by molar-refractivity contribution is 6.22. The number of halogens is 2. The van der Waals surface area contributed by atoms with Gasteiger partial charge >= 0.3 is 0 Å². The van der Waals surface area contributed by atoms with E-state index in [-0.39, 0.29) is 11.8 Å². The van der Waals surface area contributed by atoms with Crippen LogP contribution in [-0.2, 0) is 0 Å². The maximum absolute atomic E-state index is 8.81. The van der Waals surface area contributed by atoms with Crippen LogP contribution in [0.15, 0.2) is 0 Å². The molecule has 4 heteroatoms. The van der Waals surface area contributed by atoms with Gasteiger partial charge in [0.25, 0.3) is 0 Å². The molecule has 0 amide bonds. The monoisotopic (exact) mass is 153 g/mol. The number of rotatable bonds is 2. The van der Waals surface area contributed by atoms with Gasteiger partial charge in [0.2, 0.25) is 0 Å². The molecule has 0 spiro atoms. The van der Waals surface area contributed by atoms with Gasteiger partial charge in [0, 0.05) is 0 Å². The smallest absolute Gasteiger partial charge is 0.178 e. The number of nitriles is 1. The molecule has 46 valence electrons. The predicted octanol–water partition coefficient (Wildman–Crippen LogP) is 0.719. The number of aliphatic hydroxyl groups is 1. The van der Waals surface area contributed by atoms with E-state index in [1.165, 1.54) is 0 Å². The number of nitrogens with zero attached hydrogens (tertiary/aromatic N) is 1. The Labute approximate surface area is 57.6 Å². The Kier molecular flexibility index (Phi) is 3.15. The van der Waals surface area contributed by atoms with Crippen LogP contribution in [0.5, 0.6) is 0 Å². The van der Waals surface area contributed by atoms with E-state index in [1.807, 2.05) is 0 Å². The summed E-state index contributed by atoms with van der Waals surface area (Å²) in [7, 11) is 0. The fraction of sp³-hybridized carbons (Fsp3) is 0.750. The number of alkyl halides is 2. The van der Waals surface area contributed by atoms with Gasteiger partial charge in [-0.25, -0.2) is 0 Å². The van der Waals surface area contributed by atoms with Crippen molar-refractivity contribution in [3.05, 3.63) is 0 Å². The minimum Gasteiger partial charge on any atom is -0.373 e. The van der Waals surface area contributed by atoms with Crippen LogP contribution in [-0.4, -0.2) is 22.5 Å². The molecule has 0 aromatic carbocycles. The Balaban J connectivity index is 3.83. The summed E-state index contributed by atoms with van der Waals surface area (Å²) in [5.41, 5.74) is -1.54. The van der Waals surface area contributed by atoms with Crippen molar-refractivity contribution in [3.63, 3.8) is 0 Å². The molecule has 8 heavy (non-hydrogen) atoms. The standard InChI is InChI=1S/C4H5Cl2NO/c5-1-4(8,2-6)3-7/h8H,1-2H2. The summed E-state index contributed by atoms with van der Waals surface area (Å²) in [6.07, 6.45) is 0. The molecule has 0 unspecified atom stereocenters. The van der Waals surface area contributed by atoms with E-state index < -0.39 is 5.60 Å². The van der Waals surface area contributed by atoms with Crippen LogP contribution in [0.4, 0.5) is 0 Å². The summed E-state index contributed by atoms with van der Waals surface area (Å²) in [6, 6.07) is 1.57. The topological polar surface area (TPSA) is 44.0 Å². The Hall–Kier alpha value is 0.0300. The highest BCUT2D eigenvalue weighted by Gasteiger charge is 2.23. The lowest BCUT2D eigenvalue weighted by molar-refractivity contribution is 0.148. The molecule has 2 nitrogen and oxygen atoms in total. The first-order chi connectivity index (χ1) is 3.68. The lowest BCUT2D eigenvalue weighted by atomic mass is 10.2. The zero-order chi connectivity index (χ0) is 6.62. The maximum Gasteiger partial charge on any atom is 0.178 e. The van der Waals surface area contributed by atoms with Gasteiger partial charge in [-0.2, -0.15) is 5.26 Å². The Morgan fingerprint density at radius 2 is 1.88 bits per heavy atom. The lowest BCUT2D eigenvalue weighted by Crippen LogP contribution is -2.30. The second kappa shape index (κ2) is 3.13. The molecule has 0 aliphatic carbocycles. The van der Waals surface area contributed by atoms with E-state index in [0.717, 1.165) is 0 Å². The summed E-state index contributed by atoms with van der Waals surface area (Å²) in [4.78, 5) is 0. The minimum atomic E-state index is -1.54. The summed E-state index contributed by atoms with van der Waals surface area (Å²) in [5, 5.41) is 16.9. The predicted molar refractivity (Wildman–Crippen MR) is 32.0 cm³/mol. The van der Waals surface area contributed by atoms with E-state index in [4.69, 9.17) is 33.6 Å². The third-order valence-corrected chi connectivity index (χ3v) is 1.53. The van der Waals surface area contributed by atoms with Gasteiger partial charge in [0.1, 0.15) is 0 Å². The van der Waals surface area contributed by atoms with Crippen LogP contribution in [0.3, 0.4) is 0 Å². The Bertz CT molecular complexity index is 105. The first-order valence-corrected chi connectivity index (χ1v) is 3.01. The van der Waals surface area contributed by atoms with Crippen molar-refractivity contribution in [3.8, 4) is 6.07 Å². The minimum absolute atomic E-state index is 0.146. The van der Waals surface area contributed by atoms with Gasteiger partial charge in [0.15, 0.2) is 5.60 Å². The first kappa shape index (κ1) is 8.03. The highest BCUT2D eigenvalue weighted by atomic mass is 35.5. The van der Waals surface area contributed by atoms with Crippen LogP contribution in [0.1, 0.15) is 0 Å². The molecule has 1 N–H and O–H groups in total. The number of hydrogen-bond acceptors (Lipinski definition) is 2. The highest BCUT2D eigenvalue weighted by Crippen LogP contribution is 2.06. The van der Waals surface area contributed by atoms with E-state index in [9.17, 15) is 0 Å². The molecule has 0 fully saturated rings. The molecule has 0 heterocycles. The van der Waals surface area contributed by atoms with Crippen molar-refractivity contribution >= 4 is 23.2 Å². The van der Waals surface area contributed by atoms with Crippen molar-refractivity contribution in [2.75, 3.05) is 11.8 Å². The molecule has 0 saturated heterocycles. The van der Waals surface area contributed by atoms with Gasteiger partial charge in [-0.15, -0.1) is 23.2 Å². The second-order valence-electron chi connectivity index (χ2n) is 1.41. The van der Waals surface area contributed by atoms with Crippen molar-refractivity contribution < 1.29 is 5.11 Å². The molecule has 0 aromatic rings. The van der Waals surface area contributed by atoms with Crippen molar-refractivity contribution in [1.82, 2.24) is 0 Å². The zero-order valence-corrected chi connectivity index (χ0v) is 5.58. The van der Waals surface area contributed by atoms with Gasteiger partial charge < -0.3 is 5.11 Å². The maximum atomic E-state index is 8.81. The molecule has 0 aliphatic rings. The SMILES string of the molecule is N#CC(O)(CCl)CCl. The largest absolute Gasteiger partial charge is 0.373 e. The van der Waals surface area contributed by atoms with E-state index in [1.54, 1.807) is 6.07 Å².